The van der Waals surface area contributed by atoms with Gasteiger partial charge < -0.3 is 4.90 Å². The molecular formula is C25H35FN2O2. The van der Waals surface area contributed by atoms with Crippen molar-refractivity contribution in [2.45, 2.75) is 65.7 Å². The lowest BCUT2D eigenvalue weighted by Crippen LogP contribution is -2.42. The largest absolute Gasteiger partial charge is 0.366 e. The summed E-state index contributed by atoms with van der Waals surface area (Å²) >= 11 is 0. The molecule has 1 aromatic rings. The number of carbonyl (C=O) groups excluding carboxylic acids is 2. The Balaban J connectivity index is 1.83. The van der Waals surface area contributed by atoms with Crippen molar-refractivity contribution in [1.29, 1.82) is 0 Å². The number of carbonyl (C=O) groups is 2. The van der Waals surface area contributed by atoms with Gasteiger partial charge in [-0.1, -0.05) is 65.0 Å². The highest BCUT2D eigenvalue weighted by Crippen LogP contribution is 2.35. The van der Waals surface area contributed by atoms with Crippen molar-refractivity contribution in [1.82, 2.24) is 9.80 Å². The average molecular weight is 415 g/mol. The number of unbranched alkanes of at least 4 members (excludes halogenated alkanes) is 5. The molecule has 0 saturated carbocycles. The van der Waals surface area contributed by atoms with Crippen molar-refractivity contribution in [2.24, 2.45) is 11.8 Å². The van der Waals surface area contributed by atoms with Crippen molar-refractivity contribution >= 4 is 17.4 Å². The van der Waals surface area contributed by atoms with Crippen LogP contribution in [-0.4, -0.2) is 41.2 Å². The third kappa shape index (κ3) is 5.11. The van der Waals surface area contributed by atoms with Crippen molar-refractivity contribution < 1.29 is 14.0 Å². The zero-order valence-corrected chi connectivity index (χ0v) is 18.6. The lowest BCUT2D eigenvalue weighted by atomic mass is 9.91. The number of hydrogen-bond donors (Lipinski definition) is 0. The lowest BCUT2D eigenvalue weighted by molar-refractivity contribution is -0.137. The molecule has 1 fully saturated rings. The van der Waals surface area contributed by atoms with Crippen LogP contribution in [0.2, 0.25) is 0 Å². The molecule has 1 saturated heterocycles. The van der Waals surface area contributed by atoms with Crippen molar-refractivity contribution in [3.05, 3.63) is 41.3 Å². The third-order valence-electron chi connectivity index (χ3n) is 6.20. The minimum atomic E-state index is -0.346. The maximum atomic E-state index is 13.5. The Labute approximate surface area is 180 Å². The van der Waals surface area contributed by atoms with E-state index in [2.05, 4.69) is 25.7 Å². The summed E-state index contributed by atoms with van der Waals surface area (Å²) in [6.07, 6.45) is 7.74. The number of nitrogens with zero attached hydrogens (tertiary/aromatic N) is 2. The van der Waals surface area contributed by atoms with Crippen LogP contribution in [-0.2, 0) is 9.59 Å². The fraction of sp³-hybridized carbons (Fsp3) is 0.600. The summed E-state index contributed by atoms with van der Waals surface area (Å²) in [7, 11) is 0. The number of rotatable bonds is 9. The molecule has 3 rings (SSSR count). The first-order valence-corrected chi connectivity index (χ1v) is 11.5. The molecule has 0 aliphatic carbocycles. The predicted molar refractivity (Wildman–Crippen MR) is 118 cm³/mol. The average Bonchev–Trinajstić information content (AvgIpc) is 2.95. The summed E-state index contributed by atoms with van der Waals surface area (Å²) in [5.74, 6) is 0.162. The molecule has 0 spiro atoms. The van der Waals surface area contributed by atoms with Crippen molar-refractivity contribution in [3.63, 3.8) is 0 Å². The van der Waals surface area contributed by atoms with Gasteiger partial charge in [-0.05, 0) is 42.4 Å². The topological polar surface area (TPSA) is 40.6 Å². The van der Waals surface area contributed by atoms with Crippen LogP contribution in [0.1, 0.15) is 71.3 Å². The molecule has 2 aliphatic rings. The Hall–Kier alpha value is -2.17. The molecular weight excluding hydrogens is 379 g/mol. The van der Waals surface area contributed by atoms with Crippen molar-refractivity contribution in [2.75, 3.05) is 19.6 Å². The van der Waals surface area contributed by atoms with E-state index >= 15 is 0 Å². The molecule has 0 bridgehead atoms. The maximum Gasteiger partial charge on any atom is 0.277 e. The first kappa shape index (κ1) is 22.5. The van der Waals surface area contributed by atoms with Gasteiger partial charge in [-0.15, -0.1) is 0 Å². The molecule has 4 nitrogen and oxygen atoms in total. The molecule has 2 aliphatic heterocycles. The van der Waals surface area contributed by atoms with E-state index in [9.17, 15) is 14.0 Å². The quantitative estimate of drug-likeness (QED) is 0.410. The molecule has 2 heterocycles. The molecule has 2 unspecified atom stereocenters. The van der Waals surface area contributed by atoms with Gasteiger partial charge >= 0.3 is 0 Å². The Morgan fingerprint density at radius 3 is 2.13 bits per heavy atom. The van der Waals surface area contributed by atoms with Gasteiger partial charge in [0.15, 0.2) is 0 Å². The maximum absolute atomic E-state index is 13.5. The zero-order valence-electron chi connectivity index (χ0n) is 18.6. The summed E-state index contributed by atoms with van der Waals surface area (Å²) in [5, 5.41) is 0. The van der Waals surface area contributed by atoms with Crippen LogP contribution in [0, 0.1) is 17.7 Å². The second-order valence-electron chi connectivity index (χ2n) is 9.11. The Kier molecular flexibility index (Phi) is 7.68. The first-order valence-electron chi connectivity index (χ1n) is 11.5. The standard InChI is InChI=1S/C25H35FN2O2/c1-4-5-6-7-8-9-14-28-24(29)22(20-10-12-21(26)13-11-20)23(25(28)30)27-16-18(2)15-19(3)17-27/h10-13,18-19H,4-9,14-17H2,1-3H3. The summed E-state index contributed by atoms with van der Waals surface area (Å²) < 4.78 is 13.5. The molecule has 0 N–H and O–H groups in total. The Morgan fingerprint density at radius 1 is 0.900 bits per heavy atom. The molecule has 5 heteroatoms. The second-order valence-corrected chi connectivity index (χ2v) is 9.11. The van der Waals surface area contributed by atoms with E-state index in [-0.39, 0.29) is 17.6 Å². The molecule has 0 aromatic heterocycles. The van der Waals surface area contributed by atoms with Crippen molar-refractivity contribution in [3.8, 4) is 0 Å². The fourth-order valence-electron chi connectivity index (χ4n) is 4.83. The zero-order chi connectivity index (χ0) is 21.7. The monoisotopic (exact) mass is 414 g/mol. The smallest absolute Gasteiger partial charge is 0.277 e. The van der Waals surface area contributed by atoms with Crippen LogP contribution in [0.15, 0.2) is 30.0 Å². The van der Waals surface area contributed by atoms with Gasteiger partial charge in [0.25, 0.3) is 11.8 Å². The van der Waals surface area contributed by atoms with Crippen LogP contribution in [0.5, 0.6) is 0 Å². The minimum Gasteiger partial charge on any atom is -0.366 e. The Bertz CT molecular complexity index is 777. The number of piperidine rings is 1. The van der Waals surface area contributed by atoms with Gasteiger partial charge in [0.05, 0.1) is 5.57 Å². The Morgan fingerprint density at radius 2 is 1.50 bits per heavy atom. The van der Waals surface area contributed by atoms with Gasteiger partial charge in [0.2, 0.25) is 0 Å². The molecule has 1 aromatic carbocycles. The molecule has 164 valence electrons. The van der Waals surface area contributed by atoms with E-state index in [1.54, 1.807) is 12.1 Å². The van der Waals surface area contributed by atoms with Crippen LogP contribution in [0.4, 0.5) is 4.39 Å². The third-order valence-corrected chi connectivity index (χ3v) is 6.20. The van der Waals surface area contributed by atoms with Gasteiger partial charge in [0, 0.05) is 19.6 Å². The second kappa shape index (κ2) is 10.2. The summed E-state index contributed by atoms with van der Waals surface area (Å²) in [4.78, 5) is 30.2. The predicted octanol–water partition coefficient (Wildman–Crippen LogP) is 5.24. The first-order chi connectivity index (χ1) is 14.4. The highest BCUT2D eigenvalue weighted by Gasteiger charge is 2.42. The van der Waals surface area contributed by atoms with Gasteiger partial charge in [-0.2, -0.15) is 0 Å². The summed E-state index contributed by atoms with van der Waals surface area (Å²) in [5.41, 5.74) is 1.57. The number of likely N-dealkylation sites (tertiary alicyclic amines) is 1. The lowest BCUT2D eigenvalue weighted by Gasteiger charge is -2.37. The molecule has 2 atom stereocenters. The van der Waals surface area contributed by atoms with E-state index in [1.807, 2.05) is 0 Å². The van der Waals surface area contributed by atoms with E-state index < -0.39 is 0 Å². The SMILES string of the molecule is CCCCCCCCN1C(=O)C(c2ccc(F)cc2)=C(N2CC(C)CC(C)C2)C1=O. The van der Waals surface area contributed by atoms with Crippen LogP contribution >= 0.6 is 0 Å². The highest BCUT2D eigenvalue weighted by atomic mass is 19.1. The number of halogens is 1. The molecule has 0 radical (unpaired) electrons. The van der Waals surface area contributed by atoms with Crippen LogP contribution < -0.4 is 0 Å². The van der Waals surface area contributed by atoms with E-state index in [4.69, 9.17) is 0 Å². The van der Waals surface area contributed by atoms with Crippen LogP contribution in [0.25, 0.3) is 5.57 Å². The number of amides is 2. The number of imide groups is 1. The fourth-order valence-corrected chi connectivity index (χ4v) is 4.83. The van der Waals surface area contributed by atoms with Gasteiger partial charge in [-0.25, -0.2) is 4.39 Å². The van der Waals surface area contributed by atoms with E-state index in [1.165, 1.54) is 36.3 Å². The van der Waals surface area contributed by atoms with E-state index in [0.29, 0.717) is 35.2 Å². The molecule has 2 amide bonds. The van der Waals surface area contributed by atoms with Crippen LogP contribution in [0.3, 0.4) is 0 Å². The van der Waals surface area contributed by atoms with Gasteiger partial charge in [0.1, 0.15) is 11.5 Å². The summed E-state index contributed by atoms with van der Waals surface area (Å²) in [6.45, 7) is 8.57. The highest BCUT2D eigenvalue weighted by molar-refractivity contribution is 6.35. The number of benzene rings is 1. The normalized spacial score (nSPS) is 22.4. The van der Waals surface area contributed by atoms with Gasteiger partial charge in [-0.3, -0.25) is 14.5 Å². The summed E-state index contributed by atoms with van der Waals surface area (Å²) in [6, 6.07) is 5.94. The minimum absolute atomic E-state index is 0.186. The number of hydrogen-bond acceptors (Lipinski definition) is 3. The molecule has 30 heavy (non-hydrogen) atoms. The van der Waals surface area contributed by atoms with E-state index in [0.717, 1.165) is 38.8 Å².